The van der Waals surface area contributed by atoms with Crippen LogP contribution in [0.2, 0.25) is 0 Å². The van der Waals surface area contributed by atoms with Crippen LogP contribution in [-0.4, -0.2) is 58.8 Å². The molecule has 1 rings (SSSR count). The Morgan fingerprint density at radius 3 is 2.50 bits per heavy atom. The van der Waals surface area contributed by atoms with E-state index in [0.717, 1.165) is 4.90 Å². The van der Waals surface area contributed by atoms with Gasteiger partial charge in [-0.3, -0.25) is 0 Å². The zero-order chi connectivity index (χ0) is 15.3. The summed E-state index contributed by atoms with van der Waals surface area (Å²) in [6, 6.07) is -1.86. The summed E-state index contributed by atoms with van der Waals surface area (Å²) in [4.78, 5) is 25.0. The van der Waals surface area contributed by atoms with Crippen LogP contribution >= 0.6 is 0 Å². The van der Waals surface area contributed by atoms with Crippen molar-refractivity contribution >= 4 is 12.0 Å². The topological polar surface area (TPSA) is 60.9 Å². The van der Waals surface area contributed by atoms with Gasteiger partial charge < -0.3 is 14.9 Å². The van der Waals surface area contributed by atoms with E-state index in [1.165, 1.54) is 0 Å². The largest absolute Gasteiger partial charge is 0.480 e. The highest BCUT2D eigenvalue weighted by Crippen LogP contribution is 2.22. The lowest BCUT2D eigenvalue weighted by molar-refractivity contribution is -0.146. The number of carbonyl (C=O) groups is 2. The van der Waals surface area contributed by atoms with Crippen molar-refractivity contribution in [2.75, 3.05) is 19.6 Å². The lowest BCUT2D eigenvalue weighted by atomic mass is 10.0. The first-order valence-corrected chi connectivity index (χ1v) is 6.61. The van der Waals surface area contributed by atoms with Gasteiger partial charge in [0.05, 0.1) is 0 Å². The highest BCUT2D eigenvalue weighted by Gasteiger charge is 2.38. The van der Waals surface area contributed by atoms with E-state index in [9.17, 15) is 22.8 Å². The number of nitrogens with zero attached hydrogens (tertiary/aromatic N) is 2. The van der Waals surface area contributed by atoms with Crippen molar-refractivity contribution in [1.29, 1.82) is 0 Å². The maximum absolute atomic E-state index is 12.5. The summed E-state index contributed by atoms with van der Waals surface area (Å²) < 4.78 is 37.5. The molecule has 0 spiro atoms. The van der Waals surface area contributed by atoms with E-state index in [2.05, 4.69) is 0 Å². The number of urea groups is 1. The Kier molecular flexibility index (Phi) is 5.64. The first kappa shape index (κ1) is 16.6. The molecule has 1 atom stereocenters. The van der Waals surface area contributed by atoms with Gasteiger partial charge in [0.25, 0.3) is 0 Å². The van der Waals surface area contributed by atoms with E-state index >= 15 is 0 Å². The number of hydrogen-bond donors (Lipinski definition) is 1. The molecule has 1 aliphatic rings. The SMILES string of the molecule is CCCN(CC(F)(F)F)C(=O)N1CCCCC1C(=O)O. The van der Waals surface area contributed by atoms with Gasteiger partial charge in [0.15, 0.2) is 0 Å². The maximum atomic E-state index is 12.5. The number of amides is 2. The minimum atomic E-state index is -4.49. The zero-order valence-electron chi connectivity index (χ0n) is 11.3. The average molecular weight is 296 g/mol. The second-order valence-corrected chi connectivity index (χ2v) is 4.86. The van der Waals surface area contributed by atoms with Crippen molar-refractivity contribution in [1.82, 2.24) is 9.80 Å². The van der Waals surface area contributed by atoms with Crippen molar-refractivity contribution in [3.05, 3.63) is 0 Å². The molecule has 1 aliphatic heterocycles. The molecule has 116 valence electrons. The number of hydrogen-bond acceptors (Lipinski definition) is 2. The minimum Gasteiger partial charge on any atom is -0.480 e. The highest BCUT2D eigenvalue weighted by molar-refractivity contribution is 5.83. The normalized spacial score (nSPS) is 19.8. The van der Waals surface area contributed by atoms with Gasteiger partial charge in [0.2, 0.25) is 0 Å². The van der Waals surface area contributed by atoms with Gasteiger partial charge in [0, 0.05) is 13.1 Å². The van der Waals surface area contributed by atoms with Crippen LogP contribution in [0.25, 0.3) is 0 Å². The first-order chi connectivity index (χ1) is 9.26. The molecule has 1 heterocycles. The fourth-order valence-corrected chi connectivity index (χ4v) is 2.33. The van der Waals surface area contributed by atoms with Crippen LogP contribution in [0.5, 0.6) is 0 Å². The summed E-state index contributed by atoms with van der Waals surface area (Å²) in [5.41, 5.74) is 0. The van der Waals surface area contributed by atoms with Gasteiger partial charge in [-0.25, -0.2) is 9.59 Å². The summed E-state index contributed by atoms with van der Waals surface area (Å²) in [7, 11) is 0. The third-order valence-electron chi connectivity index (χ3n) is 3.17. The monoisotopic (exact) mass is 296 g/mol. The standard InChI is InChI=1S/C12H19F3N2O3/c1-2-6-16(8-12(13,14)15)11(20)17-7-4-3-5-9(17)10(18)19/h9H,2-8H2,1H3,(H,18,19). The van der Waals surface area contributed by atoms with Gasteiger partial charge in [-0.15, -0.1) is 0 Å². The van der Waals surface area contributed by atoms with Crippen LogP contribution in [0.3, 0.4) is 0 Å². The van der Waals surface area contributed by atoms with E-state index in [-0.39, 0.29) is 19.5 Å². The fourth-order valence-electron chi connectivity index (χ4n) is 2.33. The van der Waals surface area contributed by atoms with Crippen molar-refractivity contribution in [3.8, 4) is 0 Å². The number of carboxylic acid groups (broad SMARTS) is 1. The Morgan fingerprint density at radius 2 is 2.00 bits per heavy atom. The number of alkyl halides is 3. The average Bonchev–Trinajstić information content (AvgIpc) is 2.36. The first-order valence-electron chi connectivity index (χ1n) is 6.61. The van der Waals surface area contributed by atoms with E-state index in [1.54, 1.807) is 6.92 Å². The second kappa shape index (κ2) is 6.81. The minimum absolute atomic E-state index is 0.0405. The van der Waals surface area contributed by atoms with Crippen LogP contribution < -0.4 is 0 Å². The molecule has 0 aliphatic carbocycles. The molecule has 1 fully saturated rings. The van der Waals surface area contributed by atoms with E-state index in [4.69, 9.17) is 5.11 Å². The van der Waals surface area contributed by atoms with Crippen LogP contribution in [-0.2, 0) is 4.79 Å². The molecule has 1 saturated heterocycles. The Morgan fingerprint density at radius 1 is 1.35 bits per heavy atom. The molecule has 5 nitrogen and oxygen atoms in total. The summed E-state index contributed by atoms with van der Waals surface area (Å²) in [6.45, 7) is 0.471. The summed E-state index contributed by atoms with van der Waals surface area (Å²) in [5.74, 6) is -1.17. The smallest absolute Gasteiger partial charge is 0.406 e. The lowest BCUT2D eigenvalue weighted by Crippen LogP contribution is -2.54. The van der Waals surface area contributed by atoms with Crippen molar-refractivity contribution in [3.63, 3.8) is 0 Å². The Hall–Kier alpha value is -1.47. The Bertz CT molecular complexity index is 360. The number of likely N-dealkylation sites (tertiary alicyclic amines) is 1. The van der Waals surface area contributed by atoms with Crippen molar-refractivity contribution in [2.45, 2.75) is 44.8 Å². The molecule has 1 unspecified atom stereocenters. The molecule has 1 N–H and O–H groups in total. The van der Waals surface area contributed by atoms with Crippen LogP contribution in [0.4, 0.5) is 18.0 Å². The van der Waals surface area contributed by atoms with Gasteiger partial charge in [-0.1, -0.05) is 6.92 Å². The molecule has 0 radical (unpaired) electrons. The van der Waals surface area contributed by atoms with Gasteiger partial charge in [0.1, 0.15) is 12.6 Å². The number of rotatable bonds is 4. The molecule has 8 heteroatoms. The van der Waals surface area contributed by atoms with Crippen molar-refractivity contribution < 1.29 is 27.9 Å². The maximum Gasteiger partial charge on any atom is 0.406 e. The van der Waals surface area contributed by atoms with Gasteiger partial charge >= 0.3 is 18.2 Å². The molecule has 0 aromatic carbocycles. The number of carbonyl (C=O) groups excluding carboxylic acids is 1. The highest BCUT2D eigenvalue weighted by atomic mass is 19.4. The fraction of sp³-hybridized carbons (Fsp3) is 0.833. The molecular weight excluding hydrogens is 277 g/mol. The van der Waals surface area contributed by atoms with E-state index in [0.29, 0.717) is 24.2 Å². The molecule has 0 aromatic heterocycles. The Balaban J connectivity index is 2.83. The van der Waals surface area contributed by atoms with Crippen molar-refractivity contribution in [2.24, 2.45) is 0 Å². The number of halogens is 3. The number of aliphatic carboxylic acids is 1. The molecule has 0 saturated carbocycles. The summed E-state index contributed by atoms with van der Waals surface area (Å²) >= 11 is 0. The molecular formula is C12H19F3N2O3. The third-order valence-corrected chi connectivity index (χ3v) is 3.17. The third kappa shape index (κ3) is 4.57. The lowest BCUT2D eigenvalue weighted by Gasteiger charge is -2.37. The molecule has 2 amide bonds. The number of carboxylic acids is 1. The molecule has 0 aromatic rings. The molecule has 0 bridgehead atoms. The summed E-state index contributed by atoms with van der Waals surface area (Å²) in [5, 5.41) is 9.07. The Labute approximate surface area is 115 Å². The van der Waals surface area contributed by atoms with E-state index in [1.807, 2.05) is 0 Å². The van der Waals surface area contributed by atoms with E-state index < -0.39 is 30.8 Å². The zero-order valence-corrected chi connectivity index (χ0v) is 11.3. The predicted octanol–water partition coefficient (Wildman–Crippen LogP) is 2.32. The van der Waals surface area contributed by atoms with Gasteiger partial charge in [-0.05, 0) is 25.7 Å². The second-order valence-electron chi connectivity index (χ2n) is 4.86. The quantitative estimate of drug-likeness (QED) is 0.866. The van der Waals surface area contributed by atoms with Crippen LogP contribution in [0.1, 0.15) is 32.6 Å². The molecule has 20 heavy (non-hydrogen) atoms. The summed E-state index contributed by atoms with van der Waals surface area (Å²) in [6.07, 6.45) is -2.55. The number of piperidine rings is 1. The van der Waals surface area contributed by atoms with Crippen LogP contribution in [0, 0.1) is 0 Å². The predicted molar refractivity (Wildman–Crippen MR) is 65.3 cm³/mol. The van der Waals surface area contributed by atoms with Gasteiger partial charge in [-0.2, -0.15) is 13.2 Å². The van der Waals surface area contributed by atoms with Crippen LogP contribution in [0.15, 0.2) is 0 Å².